The fourth-order valence-electron chi connectivity index (χ4n) is 3.39. The molecule has 0 fully saturated rings. The zero-order chi connectivity index (χ0) is 23.8. The topological polar surface area (TPSA) is 110 Å². The van der Waals surface area contributed by atoms with E-state index in [-0.39, 0.29) is 29.7 Å². The minimum Gasteiger partial charge on any atom is -0.496 e. The Bertz CT molecular complexity index is 1210. The molecule has 0 bridgehead atoms. The number of hydrogen-bond acceptors (Lipinski definition) is 6. The number of benzene rings is 2. The molecule has 0 aliphatic heterocycles. The summed E-state index contributed by atoms with van der Waals surface area (Å²) < 4.78 is 6.64. The normalized spacial score (nSPS) is 10.7. The van der Waals surface area contributed by atoms with Gasteiger partial charge in [0.25, 0.3) is 5.56 Å². The van der Waals surface area contributed by atoms with E-state index in [2.05, 4.69) is 4.98 Å². The van der Waals surface area contributed by atoms with Crippen molar-refractivity contribution in [3.8, 4) is 5.75 Å². The number of unbranched alkanes of at least 4 members (excludes halogenated alkanes) is 1. The highest BCUT2D eigenvalue weighted by Crippen LogP contribution is 2.29. The van der Waals surface area contributed by atoms with E-state index in [1.807, 2.05) is 61.5 Å². The Hall–Kier alpha value is -3.46. The van der Waals surface area contributed by atoms with Gasteiger partial charge in [0.05, 0.1) is 19.4 Å². The van der Waals surface area contributed by atoms with E-state index in [1.165, 1.54) is 21.2 Å². The Labute approximate surface area is 196 Å². The second kappa shape index (κ2) is 11.4. The lowest BCUT2D eigenvalue weighted by molar-refractivity contribution is -0.116. The Morgan fingerprint density at radius 1 is 1.12 bits per heavy atom. The van der Waals surface area contributed by atoms with Crippen molar-refractivity contribution in [1.82, 2.24) is 9.55 Å². The SMILES string of the molecule is CCCCN(C(=O)CSc1ccccc1OC)c1c(N)n(Cc2ccccc2)c(=O)[nH]c1=O. The van der Waals surface area contributed by atoms with Gasteiger partial charge in [-0.25, -0.2) is 4.79 Å². The van der Waals surface area contributed by atoms with E-state index in [1.54, 1.807) is 7.11 Å². The molecule has 0 aliphatic carbocycles. The first-order chi connectivity index (χ1) is 16.0. The molecule has 8 nitrogen and oxygen atoms in total. The number of amides is 1. The van der Waals surface area contributed by atoms with Crippen LogP contribution in [0.1, 0.15) is 25.3 Å². The van der Waals surface area contributed by atoms with E-state index in [9.17, 15) is 14.4 Å². The second-order valence-electron chi connectivity index (χ2n) is 7.40. The molecular formula is C24H28N4O4S. The average Bonchev–Trinajstić information content (AvgIpc) is 2.83. The van der Waals surface area contributed by atoms with Crippen LogP contribution in [0.5, 0.6) is 5.75 Å². The lowest BCUT2D eigenvalue weighted by Crippen LogP contribution is -2.42. The van der Waals surface area contributed by atoms with Crippen molar-refractivity contribution in [1.29, 1.82) is 0 Å². The minimum atomic E-state index is -0.673. The maximum Gasteiger partial charge on any atom is 0.330 e. The van der Waals surface area contributed by atoms with Crippen molar-refractivity contribution in [3.05, 3.63) is 81.0 Å². The Morgan fingerprint density at radius 3 is 2.52 bits per heavy atom. The number of ether oxygens (including phenoxy) is 1. The fourth-order valence-corrected chi connectivity index (χ4v) is 4.30. The quantitative estimate of drug-likeness (QED) is 0.443. The second-order valence-corrected chi connectivity index (χ2v) is 8.42. The predicted molar refractivity (Wildman–Crippen MR) is 132 cm³/mol. The largest absolute Gasteiger partial charge is 0.496 e. The predicted octanol–water partition coefficient (Wildman–Crippen LogP) is 3.10. The number of H-pyrrole nitrogens is 1. The molecule has 3 rings (SSSR count). The molecule has 3 N–H and O–H groups in total. The van der Waals surface area contributed by atoms with E-state index >= 15 is 0 Å². The maximum absolute atomic E-state index is 13.3. The number of aromatic amines is 1. The molecule has 1 amide bonds. The van der Waals surface area contributed by atoms with Crippen LogP contribution < -0.4 is 26.6 Å². The van der Waals surface area contributed by atoms with Crippen LogP contribution in [0.2, 0.25) is 0 Å². The van der Waals surface area contributed by atoms with Gasteiger partial charge in [-0.15, -0.1) is 11.8 Å². The summed E-state index contributed by atoms with van der Waals surface area (Å²) in [4.78, 5) is 43.1. The lowest BCUT2D eigenvalue weighted by atomic mass is 10.2. The van der Waals surface area contributed by atoms with Crippen molar-refractivity contribution >= 4 is 29.2 Å². The van der Waals surface area contributed by atoms with Crippen LogP contribution in [0.4, 0.5) is 11.5 Å². The van der Waals surface area contributed by atoms with Crippen molar-refractivity contribution in [2.24, 2.45) is 0 Å². The summed E-state index contributed by atoms with van der Waals surface area (Å²) in [5.41, 5.74) is 5.89. The first kappa shape index (κ1) is 24.2. The number of anilines is 2. The highest BCUT2D eigenvalue weighted by Gasteiger charge is 2.24. The van der Waals surface area contributed by atoms with Crippen molar-refractivity contribution < 1.29 is 9.53 Å². The molecule has 0 saturated carbocycles. The number of nitrogens with zero attached hydrogens (tertiary/aromatic N) is 2. The fraction of sp³-hybridized carbons (Fsp3) is 0.292. The molecule has 9 heteroatoms. The van der Waals surface area contributed by atoms with Gasteiger partial charge in [-0.05, 0) is 24.1 Å². The van der Waals surface area contributed by atoms with E-state index in [4.69, 9.17) is 10.5 Å². The van der Waals surface area contributed by atoms with Gasteiger partial charge in [-0.1, -0.05) is 55.8 Å². The summed E-state index contributed by atoms with van der Waals surface area (Å²) in [6.07, 6.45) is 1.51. The molecule has 174 valence electrons. The summed E-state index contributed by atoms with van der Waals surface area (Å²) in [7, 11) is 1.57. The van der Waals surface area contributed by atoms with Crippen LogP contribution in [0.15, 0.2) is 69.1 Å². The van der Waals surface area contributed by atoms with Crippen molar-refractivity contribution in [3.63, 3.8) is 0 Å². The number of carbonyl (C=O) groups is 1. The number of nitrogen functional groups attached to an aromatic ring is 1. The minimum absolute atomic E-state index is 0.00427. The Morgan fingerprint density at radius 2 is 1.82 bits per heavy atom. The summed E-state index contributed by atoms with van der Waals surface area (Å²) in [6.45, 7) is 2.50. The number of thioether (sulfide) groups is 1. The van der Waals surface area contributed by atoms with Gasteiger partial charge in [-0.3, -0.25) is 19.1 Å². The summed E-state index contributed by atoms with van der Waals surface area (Å²) >= 11 is 1.32. The molecule has 1 aromatic heterocycles. The Kier molecular flexibility index (Phi) is 8.37. The summed E-state index contributed by atoms with van der Waals surface area (Å²) in [6, 6.07) is 16.7. The molecule has 0 unspecified atom stereocenters. The molecule has 0 atom stereocenters. The number of para-hydroxylation sites is 1. The number of methoxy groups -OCH3 is 1. The zero-order valence-corrected chi connectivity index (χ0v) is 19.6. The van der Waals surface area contributed by atoms with Crippen LogP contribution in [0, 0.1) is 0 Å². The summed E-state index contributed by atoms with van der Waals surface area (Å²) in [5, 5.41) is 0. The van der Waals surface area contributed by atoms with Gasteiger partial charge in [0, 0.05) is 11.4 Å². The molecule has 0 radical (unpaired) electrons. The number of nitrogens with two attached hydrogens (primary N) is 1. The smallest absolute Gasteiger partial charge is 0.330 e. The first-order valence-corrected chi connectivity index (χ1v) is 11.7. The van der Waals surface area contributed by atoms with Gasteiger partial charge >= 0.3 is 5.69 Å². The van der Waals surface area contributed by atoms with E-state index in [0.29, 0.717) is 18.7 Å². The monoisotopic (exact) mass is 468 g/mol. The molecular weight excluding hydrogens is 440 g/mol. The number of carbonyl (C=O) groups excluding carboxylic acids is 1. The number of nitrogens with one attached hydrogen (secondary N) is 1. The average molecular weight is 469 g/mol. The summed E-state index contributed by atoms with van der Waals surface area (Å²) in [5.74, 6) is 0.450. The third-order valence-electron chi connectivity index (χ3n) is 5.12. The number of rotatable bonds is 10. The third kappa shape index (κ3) is 5.87. The first-order valence-electron chi connectivity index (χ1n) is 10.7. The van der Waals surface area contributed by atoms with Crippen LogP contribution in [0.25, 0.3) is 0 Å². The molecule has 33 heavy (non-hydrogen) atoms. The standard InChI is InChI=1S/C24H28N4O4S/c1-3-4-14-27(20(29)16-33-19-13-9-8-12-18(19)32-2)21-22(25)28(24(31)26-23(21)30)15-17-10-6-5-7-11-17/h5-13H,3-4,14-16,25H2,1-2H3,(H,26,30,31). The van der Waals surface area contributed by atoms with Crippen LogP contribution >= 0.6 is 11.8 Å². The molecule has 0 spiro atoms. The van der Waals surface area contributed by atoms with Crippen molar-refractivity contribution in [2.75, 3.05) is 30.0 Å². The molecule has 0 saturated heterocycles. The van der Waals surface area contributed by atoms with E-state index < -0.39 is 11.2 Å². The maximum atomic E-state index is 13.3. The third-order valence-corrected chi connectivity index (χ3v) is 6.16. The zero-order valence-electron chi connectivity index (χ0n) is 18.7. The van der Waals surface area contributed by atoms with Crippen LogP contribution in [-0.2, 0) is 11.3 Å². The van der Waals surface area contributed by atoms with Gasteiger partial charge in [0.1, 0.15) is 11.6 Å². The Balaban J connectivity index is 1.94. The van der Waals surface area contributed by atoms with Gasteiger partial charge in [0.2, 0.25) is 5.91 Å². The molecule has 2 aromatic carbocycles. The number of hydrogen-bond donors (Lipinski definition) is 2. The van der Waals surface area contributed by atoms with E-state index in [0.717, 1.165) is 16.9 Å². The highest BCUT2D eigenvalue weighted by molar-refractivity contribution is 8.00. The van der Waals surface area contributed by atoms with Crippen LogP contribution in [0.3, 0.4) is 0 Å². The number of aromatic nitrogens is 2. The molecule has 1 heterocycles. The van der Waals surface area contributed by atoms with Gasteiger partial charge < -0.3 is 15.4 Å². The molecule has 3 aromatic rings. The highest BCUT2D eigenvalue weighted by atomic mass is 32.2. The van der Waals surface area contributed by atoms with Gasteiger partial charge in [0.15, 0.2) is 5.69 Å². The van der Waals surface area contributed by atoms with Gasteiger partial charge in [-0.2, -0.15) is 0 Å². The van der Waals surface area contributed by atoms with Crippen LogP contribution in [-0.4, -0.2) is 34.9 Å². The lowest BCUT2D eigenvalue weighted by Gasteiger charge is -2.24. The molecule has 0 aliphatic rings. The van der Waals surface area contributed by atoms with Crippen molar-refractivity contribution in [2.45, 2.75) is 31.2 Å².